The van der Waals surface area contributed by atoms with Crippen molar-refractivity contribution in [1.29, 1.82) is 0 Å². The molecule has 1 aliphatic rings. The van der Waals surface area contributed by atoms with Gasteiger partial charge in [-0.1, -0.05) is 0 Å². The van der Waals surface area contributed by atoms with Gasteiger partial charge in [-0.15, -0.1) is 11.6 Å². The second kappa shape index (κ2) is 5.78. The van der Waals surface area contributed by atoms with Gasteiger partial charge in [-0.05, 0) is 13.8 Å². The number of nitrogens with zero attached hydrogens (tertiary/aromatic N) is 3. The van der Waals surface area contributed by atoms with Gasteiger partial charge in [-0.2, -0.15) is 4.31 Å². The van der Waals surface area contributed by atoms with E-state index >= 15 is 0 Å². The number of aryl methyl sites for hydroxylation is 2. The Balaban J connectivity index is 2.34. The van der Waals surface area contributed by atoms with E-state index < -0.39 is 10.0 Å². The Morgan fingerprint density at radius 3 is 2.89 bits per heavy atom. The van der Waals surface area contributed by atoms with Crippen LogP contribution in [0.2, 0.25) is 0 Å². The molecule has 1 aliphatic heterocycles. The summed E-state index contributed by atoms with van der Waals surface area (Å²) in [5.41, 5.74) is 0. The molecule has 1 aromatic heterocycles. The third-order valence-electron chi connectivity index (χ3n) is 3.22. The van der Waals surface area contributed by atoms with E-state index in [-0.39, 0.29) is 16.9 Å². The number of morpholine rings is 1. The molecule has 1 aromatic rings. The summed E-state index contributed by atoms with van der Waals surface area (Å²) in [6, 6.07) is -0.326. The van der Waals surface area contributed by atoms with Gasteiger partial charge in [-0.25, -0.2) is 13.4 Å². The van der Waals surface area contributed by atoms with Crippen molar-refractivity contribution in [2.45, 2.75) is 31.5 Å². The number of halogens is 1. The minimum atomic E-state index is -3.60. The third kappa shape index (κ3) is 2.79. The van der Waals surface area contributed by atoms with Crippen LogP contribution in [-0.4, -0.2) is 54.0 Å². The fraction of sp³-hybridized carbons (Fsp3) is 0.727. The predicted molar refractivity (Wildman–Crippen MR) is 71.9 cm³/mol. The standard InChI is InChI=1S/C11H18ClN3O3S/c1-3-14-7-11(13-9(14)2)19(16,17)15-4-5-18-8-10(15)6-12/h7,10H,3-6,8H2,1-2H3. The first kappa shape index (κ1) is 14.8. The third-order valence-corrected chi connectivity index (χ3v) is 5.40. The maximum absolute atomic E-state index is 12.6. The highest BCUT2D eigenvalue weighted by Gasteiger charge is 2.35. The Labute approximate surface area is 118 Å². The topological polar surface area (TPSA) is 64.4 Å². The van der Waals surface area contributed by atoms with Gasteiger partial charge in [0, 0.05) is 25.2 Å². The Bertz CT molecular complexity index is 543. The van der Waals surface area contributed by atoms with Crippen LogP contribution in [-0.2, 0) is 21.3 Å². The zero-order valence-electron chi connectivity index (χ0n) is 11.0. The predicted octanol–water partition coefficient (Wildman–Crippen LogP) is 0.840. The molecule has 0 aromatic carbocycles. The highest BCUT2D eigenvalue weighted by molar-refractivity contribution is 7.89. The van der Waals surface area contributed by atoms with Gasteiger partial charge in [0.25, 0.3) is 10.0 Å². The number of aromatic nitrogens is 2. The molecule has 1 fully saturated rings. The molecule has 0 bridgehead atoms. The quantitative estimate of drug-likeness (QED) is 0.773. The lowest BCUT2D eigenvalue weighted by molar-refractivity contribution is 0.0403. The smallest absolute Gasteiger partial charge is 0.262 e. The first-order valence-corrected chi connectivity index (χ1v) is 8.17. The maximum atomic E-state index is 12.6. The molecule has 1 atom stereocenters. The lowest BCUT2D eigenvalue weighted by Crippen LogP contribution is -2.49. The molecule has 0 N–H and O–H groups in total. The molecular weight excluding hydrogens is 290 g/mol. The van der Waals surface area contributed by atoms with Crippen molar-refractivity contribution in [3.05, 3.63) is 12.0 Å². The van der Waals surface area contributed by atoms with E-state index in [9.17, 15) is 8.42 Å². The van der Waals surface area contributed by atoms with Crippen molar-refractivity contribution in [2.24, 2.45) is 0 Å². The van der Waals surface area contributed by atoms with Gasteiger partial charge in [0.2, 0.25) is 0 Å². The number of sulfonamides is 1. The summed E-state index contributed by atoms with van der Waals surface area (Å²) in [6.07, 6.45) is 1.57. The fourth-order valence-electron chi connectivity index (χ4n) is 2.12. The van der Waals surface area contributed by atoms with Crippen LogP contribution in [0.4, 0.5) is 0 Å². The molecule has 0 spiro atoms. The van der Waals surface area contributed by atoms with Gasteiger partial charge < -0.3 is 9.30 Å². The summed E-state index contributed by atoms with van der Waals surface area (Å²) in [7, 11) is -3.60. The highest BCUT2D eigenvalue weighted by atomic mass is 35.5. The summed E-state index contributed by atoms with van der Waals surface area (Å²) < 4.78 is 33.6. The molecule has 0 amide bonds. The summed E-state index contributed by atoms with van der Waals surface area (Å²) in [6.45, 7) is 5.46. The first-order valence-electron chi connectivity index (χ1n) is 6.20. The molecule has 6 nitrogen and oxygen atoms in total. The lowest BCUT2D eigenvalue weighted by atomic mass is 10.3. The average Bonchev–Trinajstić information content (AvgIpc) is 2.80. The Morgan fingerprint density at radius 2 is 2.32 bits per heavy atom. The van der Waals surface area contributed by atoms with E-state index in [0.717, 1.165) is 0 Å². The molecule has 0 radical (unpaired) electrons. The van der Waals surface area contributed by atoms with Crippen molar-refractivity contribution >= 4 is 21.6 Å². The van der Waals surface area contributed by atoms with Crippen molar-refractivity contribution in [2.75, 3.05) is 25.6 Å². The van der Waals surface area contributed by atoms with Crippen LogP contribution in [0.25, 0.3) is 0 Å². The number of imidazole rings is 1. The van der Waals surface area contributed by atoms with E-state index in [4.69, 9.17) is 16.3 Å². The molecule has 0 aliphatic carbocycles. The van der Waals surface area contributed by atoms with Gasteiger partial charge >= 0.3 is 0 Å². The number of hydrogen-bond donors (Lipinski definition) is 0. The Morgan fingerprint density at radius 1 is 1.58 bits per heavy atom. The van der Waals surface area contributed by atoms with E-state index in [1.807, 2.05) is 11.5 Å². The molecule has 2 rings (SSSR count). The number of rotatable bonds is 4. The molecule has 0 saturated carbocycles. The van der Waals surface area contributed by atoms with Crippen molar-refractivity contribution in [1.82, 2.24) is 13.9 Å². The van der Waals surface area contributed by atoms with Gasteiger partial charge in [-0.3, -0.25) is 0 Å². The Hall–Kier alpha value is -0.630. The van der Waals surface area contributed by atoms with Crippen LogP contribution in [0, 0.1) is 6.92 Å². The second-order valence-electron chi connectivity index (χ2n) is 4.41. The minimum Gasteiger partial charge on any atom is -0.378 e. The zero-order valence-corrected chi connectivity index (χ0v) is 12.6. The minimum absolute atomic E-state index is 0.0869. The lowest BCUT2D eigenvalue weighted by Gasteiger charge is -2.32. The van der Waals surface area contributed by atoms with E-state index in [1.165, 1.54) is 4.31 Å². The fourth-order valence-corrected chi connectivity index (χ4v) is 4.05. The highest BCUT2D eigenvalue weighted by Crippen LogP contribution is 2.20. The zero-order chi connectivity index (χ0) is 14.0. The van der Waals surface area contributed by atoms with Gasteiger partial charge in [0.05, 0.1) is 19.3 Å². The largest absolute Gasteiger partial charge is 0.378 e. The molecule has 1 saturated heterocycles. The van der Waals surface area contributed by atoms with Crippen LogP contribution in [0.1, 0.15) is 12.7 Å². The SMILES string of the molecule is CCn1cc(S(=O)(=O)N2CCOCC2CCl)nc1C. The number of ether oxygens (including phenoxy) is 1. The second-order valence-corrected chi connectivity index (χ2v) is 6.56. The van der Waals surface area contributed by atoms with Gasteiger partial charge in [0.1, 0.15) is 5.82 Å². The summed E-state index contributed by atoms with van der Waals surface area (Å²) >= 11 is 5.82. The van der Waals surface area contributed by atoms with Gasteiger partial charge in [0.15, 0.2) is 5.03 Å². The van der Waals surface area contributed by atoms with Crippen molar-refractivity contribution in [3.63, 3.8) is 0 Å². The van der Waals surface area contributed by atoms with Crippen molar-refractivity contribution in [3.8, 4) is 0 Å². The van der Waals surface area contributed by atoms with E-state index in [2.05, 4.69) is 4.98 Å². The van der Waals surface area contributed by atoms with Crippen LogP contribution < -0.4 is 0 Å². The molecule has 2 heterocycles. The van der Waals surface area contributed by atoms with Crippen LogP contribution in [0.15, 0.2) is 11.2 Å². The summed E-state index contributed by atoms with van der Waals surface area (Å²) in [5.74, 6) is 0.906. The Kier molecular flexibility index (Phi) is 4.50. The van der Waals surface area contributed by atoms with Crippen LogP contribution in [0.3, 0.4) is 0 Å². The average molecular weight is 308 g/mol. The molecular formula is C11H18ClN3O3S. The van der Waals surface area contributed by atoms with E-state index in [0.29, 0.717) is 32.1 Å². The van der Waals surface area contributed by atoms with E-state index in [1.54, 1.807) is 13.1 Å². The molecule has 8 heteroatoms. The number of hydrogen-bond acceptors (Lipinski definition) is 4. The summed E-state index contributed by atoms with van der Waals surface area (Å²) in [5, 5.41) is 0.0869. The molecule has 1 unspecified atom stereocenters. The molecule has 108 valence electrons. The monoisotopic (exact) mass is 307 g/mol. The van der Waals surface area contributed by atoms with Crippen LogP contribution >= 0.6 is 11.6 Å². The normalized spacial score (nSPS) is 21.7. The van der Waals surface area contributed by atoms with Crippen molar-refractivity contribution < 1.29 is 13.2 Å². The summed E-state index contributed by atoms with van der Waals surface area (Å²) in [4.78, 5) is 4.15. The maximum Gasteiger partial charge on any atom is 0.262 e. The number of alkyl halides is 1. The first-order chi connectivity index (χ1) is 9.00. The molecule has 19 heavy (non-hydrogen) atoms. The van der Waals surface area contributed by atoms with Crippen LogP contribution in [0.5, 0.6) is 0 Å².